The Kier molecular flexibility index (Phi) is 2.85. The van der Waals surface area contributed by atoms with Crippen molar-refractivity contribution in [1.29, 1.82) is 0 Å². The molecule has 1 fully saturated rings. The van der Waals surface area contributed by atoms with E-state index < -0.39 is 18.8 Å². The van der Waals surface area contributed by atoms with E-state index in [9.17, 15) is 0 Å². The van der Waals surface area contributed by atoms with Gasteiger partial charge in [0.15, 0.2) is 0 Å². The molecular weight excluding hydrogens is 215 g/mol. The average molecular weight is 225 g/mol. The summed E-state index contributed by atoms with van der Waals surface area (Å²) >= 11 is -1.08. The molecule has 1 unspecified atom stereocenters. The summed E-state index contributed by atoms with van der Waals surface area (Å²) in [4.78, 5) is 0. The van der Waals surface area contributed by atoms with Crippen LogP contribution >= 0.6 is 9.23 Å². The van der Waals surface area contributed by atoms with Crippen LogP contribution in [0.3, 0.4) is 0 Å². The molecule has 0 aromatic carbocycles. The van der Waals surface area contributed by atoms with E-state index >= 15 is 0 Å². The molecule has 0 spiro atoms. The molecule has 0 aromatic heterocycles. The SMILES string of the molecule is CCC[CH2][SnH]1[O][S]1. The Balaban J connectivity index is 1.80. The predicted octanol–water partition coefficient (Wildman–Crippen LogP) is 1.69. The Morgan fingerprint density at radius 3 is 2.86 bits per heavy atom. The molecule has 0 aliphatic carbocycles. The van der Waals surface area contributed by atoms with Crippen LogP contribution in [-0.4, -0.2) is 18.8 Å². The van der Waals surface area contributed by atoms with Gasteiger partial charge in [-0.1, -0.05) is 0 Å². The third-order valence-corrected chi connectivity index (χ3v) is 9.56. The number of hydrogen-bond donors (Lipinski definition) is 0. The molecular formula is C4H10OSSn. The van der Waals surface area contributed by atoms with Crippen LogP contribution in [0.25, 0.3) is 0 Å². The zero-order valence-electron chi connectivity index (χ0n) is 4.52. The molecule has 42 valence electrons. The Bertz CT molecular complexity index is 55.7. The van der Waals surface area contributed by atoms with Gasteiger partial charge in [-0.3, -0.25) is 0 Å². The maximum atomic E-state index is 5.14. The molecule has 0 saturated carbocycles. The monoisotopic (exact) mass is 226 g/mol. The topological polar surface area (TPSA) is 12.5 Å². The summed E-state index contributed by atoms with van der Waals surface area (Å²) in [5.41, 5.74) is 0. The van der Waals surface area contributed by atoms with Crippen LogP contribution in [-0.2, 0) is 2.52 Å². The van der Waals surface area contributed by atoms with E-state index in [-0.39, 0.29) is 0 Å². The third-order valence-electron chi connectivity index (χ3n) is 1.03. The van der Waals surface area contributed by atoms with E-state index in [2.05, 4.69) is 6.92 Å². The van der Waals surface area contributed by atoms with Crippen molar-refractivity contribution >= 4 is 28.0 Å². The van der Waals surface area contributed by atoms with Crippen LogP contribution in [0, 0.1) is 0 Å². The van der Waals surface area contributed by atoms with Crippen molar-refractivity contribution in [1.82, 2.24) is 0 Å². The van der Waals surface area contributed by atoms with Crippen molar-refractivity contribution in [3.05, 3.63) is 0 Å². The fourth-order valence-corrected chi connectivity index (χ4v) is 10.8. The first-order valence-corrected chi connectivity index (χ1v) is 11.3. The van der Waals surface area contributed by atoms with E-state index in [4.69, 9.17) is 2.52 Å². The minimum atomic E-state index is -1.08. The zero-order chi connectivity index (χ0) is 5.11. The van der Waals surface area contributed by atoms with Gasteiger partial charge in [-0.05, 0) is 0 Å². The van der Waals surface area contributed by atoms with Gasteiger partial charge in [0.05, 0.1) is 0 Å². The van der Waals surface area contributed by atoms with Crippen LogP contribution < -0.4 is 0 Å². The molecule has 1 heterocycles. The first-order valence-electron chi connectivity index (χ1n) is 2.75. The second kappa shape index (κ2) is 3.20. The molecule has 1 saturated heterocycles. The summed E-state index contributed by atoms with van der Waals surface area (Å²) < 4.78 is 6.60. The zero-order valence-corrected chi connectivity index (χ0v) is 8.63. The molecule has 1 nitrogen and oxygen atoms in total. The maximum absolute atomic E-state index is 5.14. The third kappa shape index (κ3) is 2.82. The molecule has 3 heteroatoms. The van der Waals surface area contributed by atoms with Gasteiger partial charge in [0.2, 0.25) is 0 Å². The Labute approximate surface area is 54.8 Å². The molecule has 1 rings (SSSR count). The van der Waals surface area contributed by atoms with Gasteiger partial charge in [0.1, 0.15) is 0 Å². The summed E-state index contributed by atoms with van der Waals surface area (Å²) in [6.07, 6.45) is 2.76. The van der Waals surface area contributed by atoms with Crippen LogP contribution in [0.15, 0.2) is 0 Å². The predicted molar refractivity (Wildman–Crippen MR) is 35.5 cm³/mol. The summed E-state index contributed by atoms with van der Waals surface area (Å²) in [6, 6.07) is 0. The van der Waals surface area contributed by atoms with Crippen molar-refractivity contribution in [3.8, 4) is 0 Å². The van der Waals surface area contributed by atoms with Crippen LogP contribution in [0.4, 0.5) is 0 Å². The van der Waals surface area contributed by atoms with Crippen LogP contribution in [0.1, 0.15) is 19.8 Å². The van der Waals surface area contributed by atoms with E-state index in [1.165, 1.54) is 17.3 Å². The average Bonchev–Trinajstić information content (AvgIpc) is 2.42. The second-order valence-corrected chi connectivity index (χ2v) is 13.1. The van der Waals surface area contributed by atoms with Crippen molar-refractivity contribution < 1.29 is 2.52 Å². The number of rotatable bonds is 3. The first-order chi connectivity index (χ1) is 3.43. The Morgan fingerprint density at radius 1 is 1.71 bits per heavy atom. The molecule has 1 aliphatic heterocycles. The normalized spacial score (nSPS) is 27.9. The molecule has 0 amide bonds. The van der Waals surface area contributed by atoms with E-state index in [0.29, 0.717) is 0 Å². The summed E-state index contributed by atoms with van der Waals surface area (Å²) in [5.74, 6) is 0. The Morgan fingerprint density at radius 2 is 2.43 bits per heavy atom. The van der Waals surface area contributed by atoms with Crippen molar-refractivity contribution in [2.75, 3.05) is 0 Å². The van der Waals surface area contributed by atoms with Crippen molar-refractivity contribution in [2.24, 2.45) is 0 Å². The van der Waals surface area contributed by atoms with Crippen LogP contribution in [0.5, 0.6) is 0 Å². The fourth-order valence-electron chi connectivity index (χ4n) is 0.506. The molecule has 1 aliphatic rings. The first kappa shape index (κ1) is 6.23. The van der Waals surface area contributed by atoms with E-state index in [0.717, 1.165) is 0 Å². The molecule has 0 aromatic rings. The molecule has 7 heavy (non-hydrogen) atoms. The van der Waals surface area contributed by atoms with Crippen molar-refractivity contribution in [3.63, 3.8) is 0 Å². The van der Waals surface area contributed by atoms with Gasteiger partial charge in [0.25, 0.3) is 0 Å². The number of hydrogen-bond acceptors (Lipinski definition) is 2. The quantitative estimate of drug-likeness (QED) is 0.411. The minimum absolute atomic E-state index is 1.08. The summed E-state index contributed by atoms with van der Waals surface area (Å²) in [7, 11) is 1.82. The van der Waals surface area contributed by atoms with Gasteiger partial charge >= 0.3 is 54.7 Å². The Hall–Kier alpha value is 1.11. The van der Waals surface area contributed by atoms with Crippen LogP contribution in [0.2, 0.25) is 4.44 Å². The van der Waals surface area contributed by atoms with Gasteiger partial charge in [0, 0.05) is 0 Å². The van der Waals surface area contributed by atoms with Gasteiger partial charge < -0.3 is 0 Å². The van der Waals surface area contributed by atoms with E-state index in [1.807, 2.05) is 9.23 Å². The van der Waals surface area contributed by atoms with Gasteiger partial charge in [-0.25, -0.2) is 0 Å². The van der Waals surface area contributed by atoms with Crippen molar-refractivity contribution in [2.45, 2.75) is 24.2 Å². The van der Waals surface area contributed by atoms with Gasteiger partial charge in [-0.15, -0.1) is 0 Å². The standard InChI is InChI=1S/C4H9.OS.Sn.H/c1-3-4-2;1-2;;/h1,3-4H2,2H3;;;/q;-2;+2;. The fraction of sp³-hybridized carbons (Fsp3) is 1.00. The number of unbranched alkanes of at least 4 members (excludes halogenated alkanes) is 1. The molecule has 0 radical (unpaired) electrons. The second-order valence-electron chi connectivity index (χ2n) is 1.76. The van der Waals surface area contributed by atoms with Gasteiger partial charge in [-0.2, -0.15) is 0 Å². The van der Waals surface area contributed by atoms with E-state index in [1.54, 1.807) is 0 Å². The molecule has 1 atom stereocenters. The molecule has 0 N–H and O–H groups in total. The molecule has 0 bridgehead atoms. The summed E-state index contributed by atoms with van der Waals surface area (Å²) in [6.45, 7) is 2.24. The summed E-state index contributed by atoms with van der Waals surface area (Å²) in [5, 5.41) is 0.